The molecule has 1 aromatic heterocycles. The second-order valence-corrected chi connectivity index (χ2v) is 6.27. The van der Waals surface area contributed by atoms with Crippen molar-refractivity contribution in [2.75, 3.05) is 0 Å². The van der Waals surface area contributed by atoms with Gasteiger partial charge in [0.1, 0.15) is 0 Å². The normalized spacial score (nSPS) is 10.4. The molecule has 94 valence electrons. The molecule has 0 aliphatic heterocycles. The maximum Gasteiger partial charge on any atom is 0.252 e. The van der Waals surface area contributed by atoms with Gasteiger partial charge in [-0.2, -0.15) is 0 Å². The largest absolute Gasteiger partial charge is 0.347 e. The highest BCUT2D eigenvalue weighted by Gasteiger charge is 2.10. The van der Waals surface area contributed by atoms with Crippen LogP contribution in [0.1, 0.15) is 20.8 Å². The Hall–Kier alpha value is -0.780. The maximum atomic E-state index is 12.0. The first-order valence-electron chi connectivity index (χ1n) is 5.37. The van der Waals surface area contributed by atoms with Gasteiger partial charge in [-0.15, -0.1) is 24.0 Å². The topological polar surface area (TPSA) is 29.1 Å². The number of carbonyl (C=O) groups is 1. The highest BCUT2D eigenvalue weighted by molar-refractivity contribution is 9.10. The summed E-state index contributed by atoms with van der Waals surface area (Å²) in [5.74, 6) is -0.0969. The summed E-state index contributed by atoms with van der Waals surface area (Å²) in [7, 11) is 0. The molecule has 1 amide bonds. The average molecular weight is 342 g/mol. The van der Waals surface area contributed by atoms with Crippen molar-refractivity contribution in [1.29, 1.82) is 0 Å². The summed E-state index contributed by atoms with van der Waals surface area (Å²) in [5.41, 5.74) is 1.80. The van der Waals surface area contributed by atoms with Crippen molar-refractivity contribution in [3.8, 4) is 0 Å². The molecule has 0 aliphatic carbocycles. The number of amides is 1. The lowest BCUT2D eigenvalue weighted by molar-refractivity contribution is 0.0948. The van der Waals surface area contributed by atoms with Crippen molar-refractivity contribution in [3.05, 3.63) is 50.1 Å². The lowest BCUT2D eigenvalue weighted by Gasteiger charge is -2.07. The molecule has 0 radical (unpaired) electrons. The number of aryl methyl sites for hydroxylation is 1. The smallest absolute Gasteiger partial charge is 0.252 e. The minimum atomic E-state index is -0.0969. The Morgan fingerprint density at radius 3 is 2.83 bits per heavy atom. The van der Waals surface area contributed by atoms with E-state index in [1.165, 1.54) is 10.4 Å². The lowest BCUT2D eigenvalue weighted by atomic mass is 10.2. The summed E-state index contributed by atoms with van der Waals surface area (Å²) >= 11 is 9.31. The number of benzene rings is 1. The molecule has 2 aromatic rings. The molecule has 0 fully saturated rings. The Bertz CT molecular complexity index is 580. The molecule has 0 atom stereocenters. The van der Waals surface area contributed by atoms with Crippen LogP contribution in [0, 0.1) is 6.92 Å². The summed E-state index contributed by atoms with van der Waals surface area (Å²) in [5, 5.41) is 4.94. The van der Waals surface area contributed by atoms with E-state index in [9.17, 15) is 4.79 Å². The molecule has 0 aliphatic rings. The Morgan fingerprint density at radius 2 is 2.22 bits per heavy atom. The molecule has 0 saturated heterocycles. The Labute approximate surface area is 124 Å². The van der Waals surface area contributed by atoms with E-state index in [2.05, 4.69) is 39.9 Å². The minimum Gasteiger partial charge on any atom is -0.347 e. The Morgan fingerprint density at radius 1 is 1.44 bits per heavy atom. The van der Waals surface area contributed by atoms with Gasteiger partial charge >= 0.3 is 0 Å². The number of thiol groups is 1. The van der Waals surface area contributed by atoms with Crippen molar-refractivity contribution >= 4 is 45.8 Å². The summed E-state index contributed by atoms with van der Waals surface area (Å²) in [6.07, 6.45) is 0. The van der Waals surface area contributed by atoms with Crippen LogP contribution in [-0.4, -0.2) is 5.91 Å². The van der Waals surface area contributed by atoms with E-state index < -0.39 is 0 Å². The van der Waals surface area contributed by atoms with E-state index in [0.717, 1.165) is 4.47 Å². The van der Waals surface area contributed by atoms with Gasteiger partial charge in [-0.05, 0) is 42.1 Å². The minimum absolute atomic E-state index is 0.0969. The van der Waals surface area contributed by atoms with Crippen LogP contribution in [0.3, 0.4) is 0 Å². The average Bonchev–Trinajstić information content (AvgIpc) is 2.72. The van der Waals surface area contributed by atoms with Gasteiger partial charge in [0, 0.05) is 14.2 Å². The number of carbonyl (C=O) groups excluding carboxylic acids is 1. The van der Waals surface area contributed by atoms with Crippen molar-refractivity contribution < 1.29 is 4.79 Å². The molecule has 5 heteroatoms. The van der Waals surface area contributed by atoms with E-state index in [1.54, 1.807) is 17.4 Å². The van der Waals surface area contributed by atoms with Crippen LogP contribution in [-0.2, 0) is 6.54 Å². The quantitative estimate of drug-likeness (QED) is 0.810. The van der Waals surface area contributed by atoms with Gasteiger partial charge < -0.3 is 5.32 Å². The van der Waals surface area contributed by atoms with Crippen LogP contribution in [0.4, 0.5) is 0 Å². The van der Waals surface area contributed by atoms with E-state index in [0.29, 0.717) is 17.0 Å². The van der Waals surface area contributed by atoms with E-state index in [-0.39, 0.29) is 5.91 Å². The standard InChI is InChI=1S/C13H12BrNOS2/c1-8-4-5-18-12(8)7-15-13(16)10-3-2-9(14)6-11(10)17/h2-6,17H,7H2,1H3,(H,15,16). The van der Waals surface area contributed by atoms with Crippen molar-refractivity contribution in [1.82, 2.24) is 5.32 Å². The summed E-state index contributed by atoms with van der Waals surface area (Å²) in [6.45, 7) is 2.60. The van der Waals surface area contributed by atoms with Crippen LogP contribution >= 0.6 is 39.9 Å². The van der Waals surface area contributed by atoms with E-state index in [4.69, 9.17) is 0 Å². The fourth-order valence-electron chi connectivity index (χ4n) is 1.54. The predicted octanol–water partition coefficient (Wildman–Crippen LogP) is 4.04. The summed E-state index contributed by atoms with van der Waals surface area (Å²) in [4.78, 5) is 13.9. The third-order valence-electron chi connectivity index (χ3n) is 2.58. The first kappa shape index (κ1) is 13.6. The monoisotopic (exact) mass is 341 g/mol. The van der Waals surface area contributed by atoms with Crippen molar-refractivity contribution in [2.45, 2.75) is 18.4 Å². The Kier molecular flexibility index (Phi) is 4.48. The highest BCUT2D eigenvalue weighted by atomic mass is 79.9. The molecule has 2 nitrogen and oxygen atoms in total. The van der Waals surface area contributed by atoms with Crippen LogP contribution in [0.15, 0.2) is 39.0 Å². The molecule has 1 heterocycles. The maximum absolute atomic E-state index is 12.0. The second kappa shape index (κ2) is 5.91. The van der Waals surface area contributed by atoms with Crippen LogP contribution in [0.25, 0.3) is 0 Å². The number of hydrogen-bond donors (Lipinski definition) is 2. The van der Waals surface area contributed by atoms with Gasteiger partial charge in [-0.1, -0.05) is 15.9 Å². The summed E-state index contributed by atoms with van der Waals surface area (Å²) in [6, 6.07) is 7.47. The summed E-state index contributed by atoms with van der Waals surface area (Å²) < 4.78 is 0.915. The Balaban J connectivity index is 2.06. The first-order chi connectivity index (χ1) is 8.58. The van der Waals surface area contributed by atoms with Crippen molar-refractivity contribution in [3.63, 3.8) is 0 Å². The molecule has 0 saturated carbocycles. The fraction of sp³-hybridized carbons (Fsp3) is 0.154. The number of hydrogen-bond acceptors (Lipinski definition) is 3. The molecule has 0 spiro atoms. The molecule has 0 unspecified atom stereocenters. The molecular weight excluding hydrogens is 330 g/mol. The highest BCUT2D eigenvalue weighted by Crippen LogP contribution is 2.20. The van der Waals surface area contributed by atoms with Gasteiger partial charge in [0.2, 0.25) is 0 Å². The fourth-order valence-corrected chi connectivity index (χ4v) is 3.24. The SMILES string of the molecule is Cc1ccsc1CNC(=O)c1ccc(Br)cc1S. The molecule has 2 rings (SSSR count). The molecule has 1 aromatic carbocycles. The molecule has 0 bridgehead atoms. The van der Waals surface area contributed by atoms with Crippen LogP contribution in [0.2, 0.25) is 0 Å². The van der Waals surface area contributed by atoms with Gasteiger partial charge in [0.05, 0.1) is 12.1 Å². The third kappa shape index (κ3) is 3.16. The zero-order chi connectivity index (χ0) is 13.1. The molecular formula is C13H12BrNOS2. The lowest BCUT2D eigenvalue weighted by Crippen LogP contribution is -2.23. The zero-order valence-corrected chi connectivity index (χ0v) is 13.0. The first-order valence-corrected chi connectivity index (χ1v) is 7.49. The predicted molar refractivity (Wildman–Crippen MR) is 81.6 cm³/mol. The van der Waals surface area contributed by atoms with Gasteiger partial charge in [-0.25, -0.2) is 0 Å². The zero-order valence-electron chi connectivity index (χ0n) is 9.74. The number of nitrogens with one attached hydrogen (secondary N) is 1. The van der Waals surface area contributed by atoms with Gasteiger partial charge in [-0.3, -0.25) is 4.79 Å². The second-order valence-electron chi connectivity index (χ2n) is 3.87. The van der Waals surface area contributed by atoms with Gasteiger partial charge in [0.15, 0.2) is 0 Å². The van der Waals surface area contributed by atoms with Crippen molar-refractivity contribution in [2.24, 2.45) is 0 Å². The molecule has 1 N–H and O–H groups in total. The third-order valence-corrected chi connectivity index (χ3v) is 4.47. The van der Waals surface area contributed by atoms with E-state index in [1.807, 2.05) is 24.4 Å². The van der Waals surface area contributed by atoms with Crippen LogP contribution in [0.5, 0.6) is 0 Å². The number of rotatable bonds is 3. The number of halogens is 1. The van der Waals surface area contributed by atoms with Crippen LogP contribution < -0.4 is 5.32 Å². The molecule has 18 heavy (non-hydrogen) atoms. The van der Waals surface area contributed by atoms with E-state index >= 15 is 0 Å². The van der Waals surface area contributed by atoms with Gasteiger partial charge in [0.25, 0.3) is 5.91 Å². The number of thiophene rings is 1.